The van der Waals surface area contributed by atoms with E-state index >= 15 is 0 Å². The van der Waals surface area contributed by atoms with Crippen LogP contribution in [-0.2, 0) is 0 Å². The Morgan fingerprint density at radius 3 is 2.30 bits per heavy atom. The van der Waals surface area contributed by atoms with Crippen molar-refractivity contribution in [1.29, 1.82) is 0 Å². The Labute approximate surface area is 131 Å². The summed E-state index contributed by atoms with van der Waals surface area (Å²) in [6.07, 6.45) is 1.56. The number of pyridine rings is 1. The van der Waals surface area contributed by atoms with Gasteiger partial charge in [-0.15, -0.1) is 0 Å². The van der Waals surface area contributed by atoms with Crippen molar-refractivity contribution in [3.05, 3.63) is 94.7 Å². The van der Waals surface area contributed by atoms with Crippen molar-refractivity contribution >= 4 is 11.6 Å². The minimum Gasteiger partial charge on any atom is -0.317 e. The number of amides is 1. The van der Waals surface area contributed by atoms with E-state index in [4.69, 9.17) is 0 Å². The molecule has 0 saturated heterocycles. The van der Waals surface area contributed by atoms with E-state index in [1.54, 1.807) is 42.6 Å². The van der Waals surface area contributed by atoms with Crippen molar-refractivity contribution in [3.63, 3.8) is 0 Å². The third kappa shape index (κ3) is 3.18. The lowest BCUT2D eigenvalue weighted by Crippen LogP contribution is -2.24. The summed E-state index contributed by atoms with van der Waals surface area (Å²) in [5.41, 5.74) is 0.755. The zero-order valence-electron chi connectivity index (χ0n) is 12.1. The van der Waals surface area contributed by atoms with Gasteiger partial charge in [0.1, 0.15) is 11.5 Å². The lowest BCUT2D eigenvalue weighted by molar-refractivity contribution is 0.102. The molecule has 0 aliphatic carbocycles. The normalized spacial score (nSPS) is 10.3. The Hall–Kier alpha value is -3.21. The monoisotopic (exact) mass is 308 g/mol. The van der Waals surface area contributed by atoms with Crippen molar-refractivity contribution in [2.24, 2.45) is 0 Å². The Morgan fingerprint density at radius 2 is 1.61 bits per heavy atom. The van der Waals surface area contributed by atoms with Crippen LogP contribution in [0.2, 0.25) is 0 Å². The topological polar surface area (TPSA) is 51.1 Å². The minimum atomic E-state index is -0.386. The van der Waals surface area contributed by atoms with E-state index in [-0.39, 0.29) is 23.0 Å². The predicted octanol–water partition coefficient (Wildman–Crippen LogP) is 3.23. The van der Waals surface area contributed by atoms with E-state index in [9.17, 15) is 14.0 Å². The maximum Gasteiger partial charge on any atom is 0.278 e. The number of nitrogens with one attached hydrogen (secondary N) is 1. The van der Waals surface area contributed by atoms with Crippen molar-refractivity contribution < 1.29 is 9.18 Å². The van der Waals surface area contributed by atoms with Crippen molar-refractivity contribution in [3.8, 4) is 5.69 Å². The van der Waals surface area contributed by atoms with Crippen molar-refractivity contribution in [2.45, 2.75) is 0 Å². The Balaban J connectivity index is 1.93. The van der Waals surface area contributed by atoms with Crippen LogP contribution >= 0.6 is 0 Å². The number of nitrogens with zero attached hydrogens (tertiary/aromatic N) is 1. The summed E-state index contributed by atoms with van der Waals surface area (Å²) in [7, 11) is 0. The van der Waals surface area contributed by atoms with E-state index < -0.39 is 0 Å². The van der Waals surface area contributed by atoms with Crippen LogP contribution in [0.1, 0.15) is 10.4 Å². The highest BCUT2D eigenvalue weighted by Gasteiger charge is 2.10. The number of hydrogen-bond donors (Lipinski definition) is 1. The van der Waals surface area contributed by atoms with Gasteiger partial charge in [-0.3, -0.25) is 14.2 Å². The maximum atomic E-state index is 13.0. The molecule has 1 amide bonds. The highest BCUT2D eigenvalue weighted by Crippen LogP contribution is 2.10. The molecular weight excluding hydrogens is 295 g/mol. The van der Waals surface area contributed by atoms with E-state index in [0.29, 0.717) is 11.3 Å². The van der Waals surface area contributed by atoms with E-state index in [2.05, 4.69) is 5.32 Å². The van der Waals surface area contributed by atoms with Crippen LogP contribution in [0.3, 0.4) is 0 Å². The molecule has 1 aromatic heterocycles. The molecule has 0 bridgehead atoms. The smallest absolute Gasteiger partial charge is 0.278 e. The summed E-state index contributed by atoms with van der Waals surface area (Å²) in [4.78, 5) is 24.6. The number of anilines is 1. The first-order valence-corrected chi connectivity index (χ1v) is 6.99. The molecule has 0 fully saturated rings. The van der Waals surface area contributed by atoms with Gasteiger partial charge in [0.05, 0.1) is 0 Å². The van der Waals surface area contributed by atoms with Crippen molar-refractivity contribution in [1.82, 2.24) is 4.57 Å². The zero-order chi connectivity index (χ0) is 16.2. The molecule has 0 unspecified atom stereocenters. The maximum absolute atomic E-state index is 13.0. The molecule has 0 saturated carbocycles. The van der Waals surface area contributed by atoms with Gasteiger partial charge in [-0.2, -0.15) is 0 Å². The van der Waals surface area contributed by atoms with E-state index in [0.717, 1.165) is 0 Å². The Morgan fingerprint density at radius 1 is 0.913 bits per heavy atom. The summed E-state index contributed by atoms with van der Waals surface area (Å²) in [6.45, 7) is 0. The van der Waals surface area contributed by atoms with Gasteiger partial charge < -0.3 is 5.32 Å². The second-order valence-corrected chi connectivity index (χ2v) is 4.89. The SMILES string of the molecule is O=C(Nc1cccn(-c2ccc(F)cc2)c1=O)c1ccccc1. The van der Waals surface area contributed by atoms with Crippen LogP contribution in [0.15, 0.2) is 77.7 Å². The van der Waals surface area contributed by atoms with Gasteiger partial charge in [0.2, 0.25) is 0 Å². The molecule has 3 aromatic rings. The molecule has 1 heterocycles. The van der Waals surface area contributed by atoms with Crippen LogP contribution in [0.4, 0.5) is 10.1 Å². The molecule has 1 N–H and O–H groups in total. The number of aromatic nitrogens is 1. The molecule has 0 atom stereocenters. The largest absolute Gasteiger partial charge is 0.317 e. The third-order valence-corrected chi connectivity index (χ3v) is 3.34. The minimum absolute atomic E-state index is 0.158. The first-order valence-electron chi connectivity index (χ1n) is 6.99. The second kappa shape index (κ2) is 6.27. The first kappa shape index (κ1) is 14.7. The standard InChI is InChI=1S/C18H13FN2O2/c19-14-8-10-15(11-9-14)21-12-4-7-16(18(21)23)20-17(22)13-5-2-1-3-6-13/h1-12H,(H,20,22). The molecule has 0 aliphatic rings. The molecular formula is C18H13FN2O2. The fourth-order valence-electron chi connectivity index (χ4n) is 2.18. The van der Waals surface area contributed by atoms with E-state index in [1.807, 2.05) is 0 Å². The predicted molar refractivity (Wildman–Crippen MR) is 86.4 cm³/mol. The van der Waals surface area contributed by atoms with Crippen LogP contribution in [-0.4, -0.2) is 10.5 Å². The summed E-state index contributed by atoms with van der Waals surface area (Å²) in [5.74, 6) is -0.741. The van der Waals surface area contributed by atoms with Crippen LogP contribution in [0, 0.1) is 5.82 Å². The summed E-state index contributed by atoms with van der Waals surface area (Å²) in [6, 6.07) is 17.4. The molecule has 3 rings (SSSR count). The van der Waals surface area contributed by atoms with Gasteiger partial charge in [-0.1, -0.05) is 18.2 Å². The van der Waals surface area contributed by atoms with Crippen LogP contribution in [0.25, 0.3) is 5.69 Å². The lowest BCUT2D eigenvalue weighted by Gasteiger charge is -2.09. The quantitative estimate of drug-likeness (QED) is 0.807. The fraction of sp³-hybridized carbons (Fsp3) is 0. The lowest BCUT2D eigenvalue weighted by atomic mass is 10.2. The average molecular weight is 308 g/mol. The summed E-state index contributed by atoms with van der Waals surface area (Å²) >= 11 is 0. The van der Waals surface area contributed by atoms with Gasteiger partial charge in [-0.05, 0) is 48.5 Å². The van der Waals surface area contributed by atoms with Crippen molar-refractivity contribution in [2.75, 3.05) is 5.32 Å². The second-order valence-electron chi connectivity index (χ2n) is 4.89. The number of rotatable bonds is 3. The number of hydrogen-bond acceptors (Lipinski definition) is 2. The number of halogens is 1. The molecule has 23 heavy (non-hydrogen) atoms. The van der Waals surface area contributed by atoms with E-state index in [1.165, 1.54) is 34.9 Å². The van der Waals surface area contributed by atoms with Gasteiger partial charge in [-0.25, -0.2) is 4.39 Å². The van der Waals surface area contributed by atoms with Gasteiger partial charge in [0.25, 0.3) is 11.5 Å². The van der Waals surface area contributed by atoms with Crippen LogP contribution in [0.5, 0.6) is 0 Å². The highest BCUT2D eigenvalue weighted by molar-refractivity contribution is 6.04. The number of benzene rings is 2. The number of carbonyl (C=O) groups is 1. The summed E-state index contributed by atoms with van der Waals surface area (Å²) in [5, 5.41) is 2.60. The molecule has 4 nitrogen and oxygen atoms in total. The third-order valence-electron chi connectivity index (χ3n) is 3.34. The van der Waals surface area contributed by atoms with Gasteiger partial charge in [0.15, 0.2) is 0 Å². The highest BCUT2D eigenvalue weighted by atomic mass is 19.1. The Bertz CT molecular complexity index is 887. The fourth-order valence-corrected chi connectivity index (χ4v) is 2.18. The number of carbonyl (C=O) groups excluding carboxylic acids is 1. The Kier molecular flexibility index (Phi) is 4.01. The molecule has 0 aliphatic heterocycles. The zero-order valence-corrected chi connectivity index (χ0v) is 12.1. The van der Waals surface area contributed by atoms with Gasteiger partial charge in [0, 0.05) is 17.4 Å². The molecule has 0 spiro atoms. The molecule has 114 valence electrons. The first-order chi connectivity index (χ1) is 11.1. The summed E-state index contributed by atoms with van der Waals surface area (Å²) < 4.78 is 14.3. The van der Waals surface area contributed by atoms with Crippen LogP contribution < -0.4 is 10.9 Å². The van der Waals surface area contributed by atoms with Gasteiger partial charge >= 0.3 is 0 Å². The molecule has 5 heteroatoms. The molecule has 2 aromatic carbocycles. The average Bonchev–Trinajstić information content (AvgIpc) is 2.58. The molecule has 0 radical (unpaired) electrons.